The maximum atomic E-state index is 12.3. The number of hydrogen-bond acceptors (Lipinski definition) is 7. The van der Waals surface area contributed by atoms with Gasteiger partial charge in [-0.25, -0.2) is 4.98 Å². The van der Waals surface area contributed by atoms with Crippen molar-refractivity contribution in [1.29, 1.82) is 0 Å². The SMILES string of the molecule is CCCCc1ccc(-n2nnnc2SCc2cc(=O)n3c(C)csc3n2)cc1. The van der Waals surface area contributed by atoms with Gasteiger partial charge in [-0.3, -0.25) is 9.20 Å². The summed E-state index contributed by atoms with van der Waals surface area (Å²) in [5.74, 6) is 0.525. The highest BCUT2D eigenvalue weighted by Gasteiger charge is 2.12. The van der Waals surface area contributed by atoms with Crippen LogP contribution in [0.5, 0.6) is 0 Å². The summed E-state index contributed by atoms with van der Waals surface area (Å²) >= 11 is 2.93. The van der Waals surface area contributed by atoms with Crippen LogP contribution in [-0.2, 0) is 12.2 Å². The van der Waals surface area contributed by atoms with Gasteiger partial charge in [0.05, 0.1) is 11.4 Å². The van der Waals surface area contributed by atoms with Gasteiger partial charge < -0.3 is 0 Å². The lowest BCUT2D eigenvalue weighted by Crippen LogP contribution is -2.14. The number of hydrogen-bond donors (Lipinski definition) is 0. The average molecular weight is 413 g/mol. The molecule has 0 fully saturated rings. The first-order chi connectivity index (χ1) is 13.7. The Hall–Kier alpha value is -2.52. The summed E-state index contributed by atoms with van der Waals surface area (Å²) in [6, 6.07) is 9.90. The molecule has 1 aromatic carbocycles. The van der Waals surface area contributed by atoms with Gasteiger partial charge in [-0.1, -0.05) is 37.2 Å². The van der Waals surface area contributed by atoms with Crippen LogP contribution < -0.4 is 5.56 Å². The van der Waals surface area contributed by atoms with E-state index in [-0.39, 0.29) is 5.56 Å². The van der Waals surface area contributed by atoms with E-state index in [2.05, 4.69) is 39.6 Å². The lowest BCUT2D eigenvalue weighted by molar-refractivity contribution is 0.753. The van der Waals surface area contributed by atoms with Crippen LogP contribution in [0.15, 0.2) is 45.7 Å². The minimum atomic E-state index is -0.0541. The number of aromatic nitrogens is 6. The molecule has 0 unspecified atom stereocenters. The number of unbranched alkanes of at least 4 members (excludes halogenated alkanes) is 1. The fourth-order valence-electron chi connectivity index (χ4n) is 2.93. The first-order valence-corrected chi connectivity index (χ1v) is 11.0. The number of thiazole rings is 1. The lowest BCUT2D eigenvalue weighted by atomic mass is 10.1. The summed E-state index contributed by atoms with van der Waals surface area (Å²) in [6.45, 7) is 4.10. The average Bonchev–Trinajstić information content (AvgIpc) is 3.32. The molecule has 0 bridgehead atoms. The Bertz CT molecular complexity index is 1150. The van der Waals surface area contributed by atoms with E-state index in [1.807, 2.05) is 24.4 Å². The maximum Gasteiger partial charge on any atom is 0.258 e. The molecule has 4 rings (SSSR count). The van der Waals surface area contributed by atoms with Crippen LogP contribution in [-0.4, -0.2) is 29.6 Å². The molecule has 4 aromatic rings. The van der Waals surface area contributed by atoms with Crippen molar-refractivity contribution in [2.45, 2.75) is 44.0 Å². The molecule has 0 saturated heterocycles. The molecule has 0 spiro atoms. The van der Waals surface area contributed by atoms with Crippen molar-refractivity contribution in [1.82, 2.24) is 29.6 Å². The molecule has 0 amide bonds. The van der Waals surface area contributed by atoms with E-state index in [4.69, 9.17) is 0 Å². The zero-order chi connectivity index (χ0) is 19.5. The van der Waals surface area contributed by atoms with E-state index in [0.717, 1.165) is 23.5 Å². The summed E-state index contributed by atoms with van der Waals surface area (Å²) < 4.78 is 3.35. The third-order valence-electron chi connectivity index (χ3n) is 4.42. The molecule has 0 aliphatic heterocycles. The third kappa shape index (κ3) is 3.85. The monoisotopic (exact) mass is 412 g/mol. The van der Waals surface area contributed by atoms with Crippen LogP contribution in [0, 0.1) is 6.92 Å². The van der Waals surface area contributed by atoms with Gasteiger partial charge in [0.25, 0.3) is 5.56 Å². The van der Waals surface area contributed by atoms with Crippen LogP contribution >= 0.6 is 23.1 Å². The van der Waals surface area contributed by atoms with Crippen LogP contribution in [0.3, 0.4) is 0 Å². The standard InChI is InChI=1S/C19H20N6OS2/c1-3-4-5-14-6-8-16(9-7-14)25-19(21-22-23-25)28-12-15-10-17(26)24-13(2)11-27-18(24)20-15/h6-11H,3-5,12H2,1-2H3. The minimum Gasteiger partial charge on any atom is -0.269 e. The van der Waals surface area contributed by atoms with Crippen molar-refractivity contribution in [3.05, 3.63) is 63.0 Å². The first kappa shape index (κ1) is 18.8. The van der Waals surface area contributed by atoms with E-state index >= 15 is 0 Å². The Morgan fingerprint density at radius 3 is 2.82 bits per heavy atom. The highest BCUT2D eigenvalue weighted by atomic mass is 32.2. The van der Waals surface area contributed by atoms with Crippen LogP contribution in [0.2, 0.25) is 0 Å². The molecule has 0 radical (unpaired) electrons. The molecule has 28 heavy (non-hydrogen) atoms. The van der Waals surface area contributed by atoms with Crippen molar-refractivity contribution in [2.24, 2.45) is 0 Å². The summed E-state index contributed by atoms with van der Waals surface area (Å²) in [7, 11) is 0. The molecule has 3 heterocycles. The Balaban J connectivity index is 1.51. The van der Waals surface area contributed by atoms with E-state index in [9.17, 15) is 4.79 Å². The normalized spacial score (nSPS) is 11.4. The summed E-state index contributed by atoms with van der Waals surface area (Å²) in [4.78, 5) is 17.6. The Morgan fingerprint density at radius 1 is 1.21 bits per heavy atom. The fourth-order valence-corrected chi connectivity index (χ4v) is 4.60. The van der Waals surface area contributed by atoms with Crippen molar-refractivity contribution in [2.75, 3.05) is 0 Å². The Morgan fingerprint density at radius 2 is 2.04 bits per heavy atom. The highest BCUT2D eigenvalue weighted by Crippen LogP contribution is 2.22. The van der Waals surface area contributed by atoms with E-state index in [1.165, 1.54) is 41.5 Å². The smallest absolute Gasteiger partial charge is 0.258 e. The molecule has 0 aliphatic carbocycles. The Labute approximate surface area is 170 Å². The predicted molar refractivity (Wildman–Crippen MR) is 111 cm³/mol. The fraction of sp³-hybridized carbons (Fsp3) is 0.316. The van der Waals surface area contributed by atoms with Crippen LogP contribution in [0.1, 0.15) is 36.7 Å². The van der Waals surface area contributed by atoms with Crippen molar-refractivity contribution < 1.29 is 0 Å². The molecule has 0 atom stereocenters. The number of aryl methyl sites for hydroxylation is 2. The third-order valence-corrected chi connectivity index (χ3v) is 6.32. The quantitative estimate of drug-likeness (QED) is 0.431. The zero-order valence-corrected chi connectivity index (χ0v) is 17.3. The van der Waals surface area contributed by atoms with Gasteiger partial charge in [-0.2, -0.15) is 4.68 Å². The zero-order valence-electron chi connectivity index (χ0n) is 15.7. The maximum absolute atomic E-state index is 12.3. The van der Waals surface area contributed by atoms with Gasteiger partial charge in [0, 0.05) is 22.9 Å². The molecule has 7 nitrogen and oxygen atoms in total. The summed E-state index contributed by atoms with van der Waals surface area (Å²) in [5, 5.41) is 14.7. The molecule has 9 heteroatoms. The van der Waals surface area contributed by atoms with Gasteiger partial charge in [-0.15, -0.1) is 16.4 Å². The molecule has 3 aromatic heterocycles. The van der Waals surface area contributed by atoms with Crippen molar-refractivity contribution in [3.8, 4) is 5.69 Å². The molecule has 144 valence electrons. The van der Waals surface area contributed by atoms with Gasteiger partial charge >= 0.3 is 0 Å². The number of benzene rings is 1. The van der Waals surface area contributed by atoms with Crippen LogP contribution in [0.25, 0.3) is 10.6 Å². The number of thioether (sulfide) groups is 1. The van der Waals surface area contributed by atoms with Gasteiger partial charge in [0.15, 0.2) is 4.96 Å². The number of rotatable bonds is 7. The lowest BCUT2D eigenvalue weighted by Gasteiger charge is -2.06. The topological polar surface area (TPSA) is 78.0 Å². The molecular weight excluding hydrogens is 392 g/mol. The van der Waals surface area contributed by atoms with E-state index in [1.54, 1.807) is 15.1 Å². The van der Waals surface area contributed by atoms with Gasteiger partial charge in [0.2, 0.25) is 5.16 Å². The molecule has 0 aliphatic rings. The molecule has 0 saturated carbocycles. The number of tetrazole rings is 1. The second kappa shape index (κ2) is 8.24. The Kier molecular flexibility index (Phi) is 5.54. The van der Waals surface area contributed by atoms with Crippen molar-refractivity contribution >= 4 is 28.1 Å². The van der Waals surface area contributed by atoms with E-state index in [0.29, 0.717) is 15.9 Å². The number of nitrogens with zero attached hydrogens (tertiary/aromatic N) is 6. The minimum absolute atomic E-state index is 0.0541. The molecular formula is C19H20N6OS2. The van der Waals surface area contributed by atoms with E-state index < -0.39 is 0 Å². The largest absolute Gasteiger partial charge is 0.269 e. The second-order valence-corrected chi connectivity index (χ2v) is 8.29. The summed E-state index contributed by atoms with van der Waals surface area (Å²) in [6.07, 6.45) is 3.45. The van der Waals surface area contributed by atoms with Gasteiger partial charge in [-0.05, 0) is 47.9 Å². The van der Waals surface area contributed by atoms with Crippen molar-refractivity contribution in [3.63, 3.8) is 0 Å². The first-order valence-electron chi connectivity index (χ1n) is 9.13. The predicted octanol–water partition coefficient (Wildman–Crippen LogP) is 3.68. The second-order valence-electron chi connectivity index (χ2n) is 6.51. The molecule has 0 N–H and O–H groups in total. The highest BCUT2D eigenvalue weighted by molar-refractivity contribution is 7.98. The summed E-state index contributed by atoms with van der Waals surface area (Å²) in [5.41, 5.74) is 3.81. The van der Waals surface area contributed by atoms with Gasteiger partial charge in [0.1, 0.15) is 0 Å². The van der Waals surface area contributed by atoms with Crippen LogP contribution in [0.4, 0.5) is 0 Å². The number of fused-ring (bicyclic) bond motifs is 1.